The molecule has 0 aliphatic heterocycles. The highest BCUT2D eigenvalue weighted by Gasteiger charge is 2.07. The summed E-state index contributed by atoms with van der Waals surface area (Å²) >= 11 is 0. The van der Waals surface area contributed by atoms with Gasteiger partial charge in [0.15, 0.2) is 0 Å². The molecule has 0 spiro atoms. The first-order valence-corrected chi connectivity index (χ1v) is 3.71. The standard InChI is InChI=1S/C7H18N2O/c1-5(8)4-9-6(2)7(3)10/h5-7,9-10H,4,8H2,1-3H3. The van der Waals surface area contributed by atoms with Gasteiger partial charge in [-0.1, -0.05) is 0 Å². The summed E-state index contributed by atoms with van der Waals surface area (Å²) in [6.07, 6.45) is -0.307. The molecule has 0 amide bonds. The fourth-order valence-electron chi connectivity index (χ4n) is 0.542. The molecule has 4 N–H and O–H groups in total. The van der Waals surface area contributed by atoms with Crippen LogP contribution in [0, 0.1) is 0 Å². The van der Waals surface area contributed by atoms with E-state index in [-0.39, 0.29) is 18.2 Å². The van der Waals surface area contributed by atoms with Crippen molar-refractivity contribution in [2.45, 2.75) is 39.0 Å². The van der Waals surface area contributed by atoms with Crippen molar-refractivity contribution in [2.75, 3.05) is 6.54 Å². The Morgan fingerprint density at radius 1 is 1.40 bits per heavy atom. The van der Waals surface area contributed by atoms with Gasteiger partial charge in [0.25, 0.3) is 0 Å². The largest absolute Gasteiger partial charge is 0.392 e. The summed E-state index contributed by atoms with van der Waals surface area (Å²) in [5.74, 6) is 0. The first-order chi connectivity index (χ1) is 4.54. The van der Waals surface area contributed by atoms with Gasteiger partial charge in [0.1, 0.15) is 0 Å². The fraction of sp³-hybridized carbons (Fsp3) is 1.00. The number of aliphatic hydroxyl groups excluding tert-OH is 1. The van der Waals surface area contributed by atoms with Crippen molar-refractivity contribution in [1.29, 1.82) is 0 Å². The van der Waals surface area contributed by atoms with E-state index in [9.17, 15) is 0 Å². The van der Waals surface area contributed by atoms with Gasteiger partial charge < -0.3 is 16.2 Å². The monoisotopic (exact) mass is 146 g/mol. The Kier molecular flexibility index (Phi) is 4.60. The van der Waals surface area contributed by atoms with Gasteiger partial charge >= 0.3 is 0 Å². The second-order valence-corrected chi connectivity index (χ2v) is 2.91. The normalized spacial score (nSPS) is 20.1. The van der Waals surface area contributed by atoms with Gasteiger partial charge in [-0.15, -0.1) is 0 Å². The summed E-state index contributed by atoms with van der Waals surface area (Å²) in [5.41, 5.74) is 5.50. The predicted molar refractivity (Wildman–Crippen MR) is 42.8 cm³/mol. The van der Waals surface area contributed by atoms with Crippen LogP contribution < -0.4 is 11.1 Å². The lowest BCUT2D eigenvalue weighted by Gasteiger charge is -2.17. The van der Waals surface area contributed by atoms with E-state index in [0.717, 1.165) is 6.54 Å². The maximum Gasteiger partial charge on any atom is 0.0662 e. The highest BCUT2D eigenvalue weighted by atomic mass is 16.3. The highest BCUT2D eigenvalue weighted by Crippen LogP contribution is 1.89. The Balaban J connectivity index is 3.30. The molecule has 0 aliphatic rings. The second kappa shape index (κ2) is 4.66. The topological polar surface area (TPSA) is 58.3 Å². The van der Waals surface area contributed by atoms with Crippen LogP contribution in [0.4, 0.5) is 0 Å². The van der Waals surface area contributed by atoms with Crippen LogP contribution in [0.3, 0.4) is 0 Å². The van der Waals surface area contributed by atoms with E-state index in [1.54, 1.807) is 6.92 Å². The number of rotatable bonds is 4. The van der Waals surface area contributed by atoms with E-state index < -0.39 is 0 Å². The van der Waals surface area contributed by atoms with E-state index >= 15 is 0 Å². The molecule has 0 heterocycles. The van der Waals surface area contributed by atoms with Gasteiger partial charge in [-0.2, -0.15) is 0 Å². The third-order valence-corrected chi connectivity index (χ3v) is 1.49. The van der Waals surface area contributed by atoms with Gasteiger partial charge in [0.2, 0.25) is 0 Å². The summed E-state index contributed by atoms with van der Waals surface area (Å²) in [7, 11) is 0. The van der Waals surface area contributed by atoms with Crippen LogP contribution in [0.25, 0.3) is 0 Å². The molecule has 3 atom stereocenters. The number of hydrogen-bond acceptors (Lipinski definition) is 3. The molecule has 0 radical (unpaired) electrons. The molecule has 0 aromatic heterocycles. The maximum absolute atomic E-state index is 9.03. The van der Waals surface area contributed by atoms with Gasteiger partial charge in [-0.25, -0.2) is 0 Å². The van der Waals surface area contributed by atoms with Gasteiger partial charge in [0, 0.05) is 18.6 Å². The summed E-state index contributed by atoms with van der Waals surface area (Å²) in [6, 6.07) is 0.284. The van der Waals surface area contributed by atoms with Crippen LogP contribution in [0.2, 0.25) is 0 Å². The van der Waals surface area contributed by atoms with Crippen molar-refractivity contribution >= 4 is 0 Å². The van der Waals surface area contributed by atoms with Crippen molar-refractivity contribution in [3.05, 3.63) is 0 Å². The molecular formula is C7H18N2O. The molecule has 3 nitrogen and oxygen atoms in total. The summed E-state index contributed by atoms with van der Waals surface area (Å²) in [5, 5.41) is 12.1. The number of aliphatic hydroxyl groups is 1. The highest BCUT2D eigenvalue weighted by molar-refractivity contribution is 4.68. The minimum Gasteiger partial charge on any atom is -0.392 e. The Morgan fingerprint density at radius 2 is 1.90 bits per heavy atom. The average Bonchev–Trinajstić information content (AvgIpc) is 1.82. The lowest BCUT2D eigenvalue weighted by atomic mass is 10.2. The molecule has 0 fully saturated rings. The van der Waals surface area contributed by atoms with E-state index in [0.29, 0.717) is 0 Å². The van der Waals surface area contributed by atoms with Gasteiger partial charge in [0.05, 0.1) is 6.10 Å². The Morgan fingerprint density at radius 3 is 2.20 bits per heavy atom. The maximum atomic E-state index is 9.03. The first-order valence-electron chi connectivity index (χ1n) is 3.71. The average molecular weight is 146 g/mol. The summed E-state index contributed by atoms with van der Waals surface area (Å²) < 4.78 is 0. The molecule has 0 saturated heterocycles. The van der Waals surface area contributed by atoms with E-state index in [2.05, 4.69) is 5.32 Å². The summed E-state index contributed by atoms with van der Waals surface area (Å²) in [4.78, 5) is 0. The third-order valence-electron chi connectivity index (χ3n) is 1.49. The summed E-state index contributed by atoms with van der Waals surface area (Å²) in [6.45, 7) is 6.39. The van der Waals surface area contributed by atoms with E-state index in [4.69, 9.17) is 10.8 Å². The Hall–Kier alpha value is -0.120. The van der Waals surface area contributed by atoms with Crippen molar-refractivity contribution in [1.82, 2.24) is 5.32 Å². The van der Waals surface area contributed by atoms with E-state index in [1.165, 1.54) is 0 Å². The lowest BCUT2D eigenvalue weighted by Crippen LogP contribution is -2.41. The number of nitrogens with one attached hydrogen (secondary N) is 1. The number of hydrogen-bond donors (Lipinski definition) is 3. The van der Waals surface area contributed by atoms with E-state index in [1.807, 2.05) is 13.8 Å². The van der Waals surface area contributed by atoms with Crippen molar-refractivity contribution < 1.29 is 5.11 Å². The van der Waals surface area contributed by atoms with Gasteiger partial charge in [-0.3, -0.25) is 0 Å². The SMILES string of the molecule is CC(N)CNC(C)C(C)O. The Labute approximate surface area is 62.6 Å². The molecule has 62 valence electrons. The molecule has 10 heavy (non-hydrogen) atoms. The second-order valence-electron chi connectivity index (χ2n) is 2.91. The fourth-order valence-corrected chi connectivity index (χ4v) is 0.542. The molecule has 0 rings (SSSR count). The molecule has 3 heteroatoms. The van der Waals surface area contributed by atoms with Crippen molar-refractivity contribution in [3.8, 4) is 0 Å². The van der Waals surface area contributed by atoms with Crippen molar-refractivity contribution in [2.24, 2.45) is 5.73 Å². The van der Waals surface area contributed by atoms with Crippen LogP contribution in [-0.4, -0.2) is 29.8 Å². The van der Waals surface area contributed by atoms with Crippen LogP contribution in [0.15, 0.2) is 0 Å². The quantitative estimate of drug-likeness (QED) is 0.510. The Bertz CT molecular complexity index is 83.7. The molecule has 0 aromatic rings. The minimum absolute atomic E-state index is 0.131. The molecule has 0 aliphatic carbocycles. The third kappa shape index (κ3) is 4.73. The van der Waals surface area contributed by atoms with Crippen LogP contribution in [-0.2, 0) is 0 Å². The minimum atomic E-state index is -0.307. The zero-order chi connectivity index (χ0) is 8.15. The van der Waals surface area contributed by atoms with Crippen LogP contribution >= 0.6 is 0 Å². The zero-order valence-corrected chi connectivity index (χ0v) is 6.96. The first kappa shape index (κ1) is 9.88. The van der Waals surface area contributed by atoms with Crippen LogP contribution in [0.5, 0.6) is 0 Å². The molecule has 0 saturated carbocycles. The lowest BCUT2D eigenvalue weighted by molar-refractivity contribution is 0.152. The molecule has 0 aromatic carbocycles. The predicted octanol–water partition coefficient (Wildman–Crippen LogP) is -0.307. The zero-order valence-electron chi connectivity index (χ0n) is 6.96. The molecular weight excluding hydrogens is 128 g/mol. The van der Waals surface area contributed by atoms with Crippen LogP contribution in [0.1, 0.15) is 20.8 Å². The molecule has 0 bridgehead atoms. The van der Waals surface area contributed by atoms with Gasteiger partial charge in [-0.05, 0) is 20.8 Å². The number of nitrogens with two attached hydrogens (primary N) is 1. The molecule has 3 unspecified atom stereocenters. The van der Waals surface area contributed by atoms with Crippen molar-refractivity contribution in [3.63, 3.8) is 0 Å². The smallest absolute Gasteiger partial charge is 0.0662 e.